The fourth-order valence-electron chi connectivity index (χ4n) is 2.25. The minimum Gasteiger partial charge on any atom is -0.494 e. The zero-order chi connectivity index (χ0) is 14.4. The van der Waals surface area contributed by atoms with Crippen LogP contribution in [0.1, 0.15) is 25.8 Å². The maximum Gasteiger partial charge on any atom is 0.119 e. The van der Waals surface area contributed by atoms with E-state index in [1.807, 2.05) is 13.8 Å². The van der Waals surface area contributed by atoms with E-state index in [1.165, 1.54) is 5.56 Å². The largest absolute Gasteiger partial charge is 0.494 e. The van der Waals surface area contributed by atoms with Gasteiger partial charge in [0.05, 0.1) is 6.61 Å². The lowest BCUT2D eigenvalue weighted by molar-refractivity contribution is 0.233. The molecule has 1 aromatic rings. The van der Waals surface area contributed by atoms with Gasteiger partial charge in [-0.1, -0.05) is 12.1 Å². The molecule has 0 spiro atoms. The first-order chi connectivity index (χ1) is 9.53. The van der Waals surface area contributed by atoms with Crippen LogP contribution in [0.25, 0.3) is 0 Å². The van der Waals surface area contributed by atoms with Crippen molar-refractivity contribution in [2.24, 2.45) is 5.73 Å². The Morgan fingerprint density at radius 1 is 1.20 bits per heavy atom. The Morgan fingerprint density at radius 3 is 2.45 bits per heavy atom. The minimum absolute atomic E-state index is 0.164. The molecule has 112 valence electrons. The molecule has 0 amide bonds. The highest BCUT2D eigenvalue weighted by atomic mass is 16.5. The molecule has 0 atom stereocenters. The topological polar surface area (TPSA) is 50.5 Å². The Bertz CT molecular complexity index is 391. The predicted octanol–water partition coefficient (Wildman–Crippen LogP) is 1.60. The fraction of sp³-hybridized carbons (Fsp3) is 0.625. The van der Waals surface area contributed by atoms with Gasteiger partial charge in [-0.05, 0) is 38.0 Å². The summed E-state index contributed by atoms with van der Waals surface area (Å²) in [6.45, 7) is 10.2. The normalized spacial score (nSPS) is 17.1. The molecule has 0 aromatic heterocycles. The van der Waals surface area contributed by atoms with E-state index in [1.54, 1.807) is 0 Å². The predicted molar refractivity (Wildman–Crippen MR) is 83.0 cm³/mol. The van der Waals surface area contributed by atoms with Gasteiger partial charge < -0.3 is 15.8 Å². The number of benzene rings is 1. The molecular weight excluding hydrogens is 250 g/mol. The number of nitrogens with zero attached hydrogens (tertiary/aromatic N) is 1. The first-order valence-electron chi connectivity index (χ1n) is 7.47. The van der Waals surface area contributed by atoms with Crippen molar-refractivity contribution in [3.05, 3.63) is 29.8 Å². The van der Waals surface area contributed by atoms with Gasteiger partial charge in [-0.2, -0.15) is 0 Å². The molecule has 20 heavy (non-hydrogen) atoms. The van der Waals surface area contributed by atoms with Crippen LogP contribution in [-0.4, -0.2) is 43.2 Å². The van der Waals surface area contributed by atoms with Crippen molar-refractivity contribution in [2.45, 2.75) is 32.4 Å². The van der Waals surface area contributed by atoms with Gasteiger partial charge in [0.15, 0.2) is 0 Å². The summed E-state index contributed by atoms with van der Waals surface area (Å²) in [6, 6.07) is 8.43. The molecule has 3 N–H and O–H groups in total. The summed E-state index contributed by atoms with van der Waals surface area (Å²) in [7, 11) is 0. The van der Waals surface area contributed by atoms with E-state index in [9.17, 15) is 0 Å². The minimum atomic E-state index is -0.164. The van der Waals surface area contributed by atoms with Gasteiger partial charge in [0, 0.05) is 38.3 Å². The third-order valence-electron chi connectivity index (χ3n) is 3.55. The number of piperazine rings is 1. The van der Waals surface area contributed by atoms with Crippen molar-refractivity contribution in [1.82, 2.24) is 10.2 Å². The highest BCUT2D eigenvalue weighted by molar-refractivity contribution is 5.27. The average molecular weight is 277 g/mol. The molecule has 0 saturated carbocycles. The van der Waals surface area contributed by atoms with Crippen LogP contribution in [0, 0.1) is 0 Å². The van der Waals surface area contributed by atoms with Crippen LogP contribution < -0.4 is 15.8 Å². The summed E-state index contributed by atoms with van der Waals surface area (Å²) in [5.74, 6) is 0.929. The van der Waals surface area contributed by atoms with Gasteiger partial charge in [-0.15, -0.1) is 0 Å². The van der Waals surface area contributed by atoms with Crippen molar-refractivity contribution in [1.29, 1.82) is 0 Å². The number of ether oxygens (including phenoxy) is 1. The van der Waals surface area contributed by atoms with Crippen LogP contribution in [-0.2, 0) is 6.54 Å². The van der Waals surface area contributed by atoms with Crippen LogP contribution >= 0.6 is 0 Å². The van der Waals surface area contributed by atoms with Gasteiger partial charge in [-0.25, -0.2) is 0 Å². The van der Waals surface area contributed by atoms with E-state index in [0.717, 1.165) is 44.9 Å². The maximum absolute atomic E-state index is 5.94. The first kappa shape index (κ1) is 15.3. The molecule has 1 aliphatic rings. The Labute approximate surface area is 122 Å². The number of hydrogen-bond acceptors (Lipinski definition) is 4. The van der Waals surface area contributed by atoms with E-state index in [4.69, 9.17) is 10.5 Å². The van der Waals surface area contributed by atoms with Crippen LogP contribution in [0.2, 0.25) is 0 Å². The lowest BCUT2D eigenvalue weighted by Crippen LogP contribution is -2.42. The van der Waals surface area contributed by atoms with Crippen molar-refractivity contribution in [3.8, 4) is 5.75 Å². The summed E-state index contributed by atoms with van der Waals surface area (Å²) in [5.41, 5.74) is 7.12. The van der Waals surface area contributed by atoms with Gasteiger partial charge in [0.25, 0.3) is 0 Å². The SMILES string of the molecule is CC(C)(N)CCOc1ccc(CN2CCNCC2)cc1. The Morgan fingerprint density at radius 2 is 1.85 bits per heavy atom. The second kappa shape index (κ2) is 7.07. The van der Waals surface area contributed by atoms with Crippen molar-refractivity contribution in [3.63, 3.8) is 0 Å². The zero-order valence-corrected chi connectivity index (χ0v) is 12.7. The molecule has 0 unspecified atom stereocenters. The summed E-state index contributed by atoms with van der Waals surface area (Å²) in [6.07, 6.45) is 0.857. The van der Waals surface area contributed by atoms with Crippen LogP contribution in [0.15, 0.2) is 24.3 Å². The third kappa shape index (κ3) is 5.49. The zero-order valence-electron chi connectivity index (χ0n) is 12.7. The monoisotopic (exact) mass is 277 g/mol. The summed E-state index contributed by atoms with van der Waals surface area (Å²) < 4.78 is 5.72. The summed E-state index contributed by atoms with van der Waals surface area (Å²) >= 11 is 0. The molecule has 4 heteroatoms. The first-order valence-corrected chi connectivity index (χ1v) is 7.47. The number of hydrogen-bond donors (Lipinski definition) is 2. The number of nitrogens with one attached hydrogen (secondary N) is 1. The van der Waals surface area contributed by atoms with Crippen LogP contribution in [0.4, 0.5) is 0 Å². The number of nitrogens with two attached hydrogens (primary N) is 1. The molecule has 2 rings (SSSR count). The lowest BCUT2D eigenvalue weighted by Gasteiger charge is -2.27. The van der Waals surface area contributed by atoms with Gasteiger partial charge >= 0.3 is 0 Å². The maximum atomic E-state index is 5.94. The second-order valence-electron chi connectivity index (χ2n) is 6.26. The fourth-order valence-corrected chi connectivity index (χ4v) is 2.25. The molecule has 1 fully saturated rings. The van der Waals surface area contributed by atoms with Crippen molar-refractivity contribution in [2.75, 3.05) is 32.8 Å². The lowest BCUT2D eigenvalue weighted by atomic mass is 10.0. The van der Waals surface area contributed by atoms with Gasteiger partial charge in [0.2, 0.25) is 0 Å². The average Bonchev–Trinajstić information content (AvgIpc) is 2.41. The molecular formula is C16H27N3O. The van der Waals surface area contributed by atoms with Crippen molar-refractivity contribution < 1.29 is 4.74 Å². The van der Waals surface area contributed by atoms with E-state index >= 15 is 0 Å². The molecule has 1 saturated heterocycles. The highest BCUT2D eigenvalue weighted by Gasteiger charge is 2.11. The molecule has 1 heterocycles. The number of rotatable bonds is 6. The smallest absolute Gasteiger partial charge is 0.119 e. The summed E-state index contributed by atoms with van der Waals surface area (Å²) in [4.78, 5) is 2.48. The van der Waals surface area contributed by atoms with Crippen LogP contribution in [0.5, 0.6) is 5.75 Å². The van der Waals surface area contributed by atoms with E-state index in [-0.39, 0.29) is 5.54 Å². The van der Waals surface area contributed by atoms with E-state index in [0.29, 0.717) is 6.61 Å². The third-order valence-corrected chi connectivity index (χ3v) is 3.55. The molecule has 0 bridgehead atoms. The van der Waals surface area contributed by atoms with Crippen molar-refractivity contribution >= 4 is 0 Å². The standard InChI is InChI=1S/C16H27N3O/c1-16(2,17)7-12-20-15-5-3-14(4-6-15)13-19-10-8-18-9-11-19/h3-6,18H,7-13,17H2,1-2H3. The molecule has 1 aromatic carbocycles. The Balaban J connectivity index is 1.77. The quantitative estimate of drug-likeness (QED) is 0.829. The molecule has 0 radical (unpaired) electrons. The second-order valence-corrected chi connectivity index (χ2v) is 6.26. The van der Waals surface area contributed by atoms with E-state index < -0.39 is 0 Å². The Hall–Kier alpha value is -1.10. The highest BCUT2D eigenvalue weighted by Crippen LogP contribution is 2.15. The Kier molecular flexibility index (Phi) is 5.40. The molecule has 4 nitrogen and oxygen atoms in total. The summed E-state index contributed by atoms with van der Waals surface area (Å²) in [5, 5.41) is 3.37. The van der Waals surface area contributed by atoms with E-state index in [2.05, 4.69) is 34.5 Å². The van der Waals surface area contributed by atoms with Gasteiger partial charge in [0.1, 0.15) is 5.75 Å². The van der Waals surface area contributed by atoms with Crippen LogP contribution in [0.3, 0.4) is 0 Å². The molecule has 0 aliphatic carbocycles. The van der Waals surface area contributed by atoms with Gasteiger partial charge in [-0.3, -0.25) is 4.90 Å². The molecule has 1 aliphatic heterocycles.